The lowest BCUT2D eigenvalue weighted by Crippen LogP contribution is -2.31. The summed E-state index contributed by atoms with van der Waals surface area (Å²) >= 11 is 0. The second-order valence-corrected chi connectivity index (χ2v) is 8.23. The summed E-state index contributed by atoms with van der Waals surface area (Å²) in [5.74, 6) is 2.60. The van der Waals surface area contributed by atoms with Gasteiger partial charge in [-0.15, -0.1) is 0 Å². The molecule has 3 aliphatic rings. The minimum atomic E-state index is 0.604. The number of hydrogen-bond acceptors (Lipinski definition) is 0. The third-order valence-corrected chi connectivity index (χ3v) is 6.85. The molecule has 1 saturated carbocycles. The average Bonchev–Trinajstić information content (AvgIpc) is 2.75. The molecule has 20 heavy (non-hydrogen) atoms. The molecule has 0 aromatic carbocycles. The van der Waals surface area contributed by atoms with Gasteiger partial charge in [-0.2, -0.15) is 0 Å². The molecule has 0 aliphatic heterocycles. The Morgan fingerprint density at radius 2 is 1.85 bits per heavy atom. The van der Waals surface area contributed by atoms with E-state index in [0.29, 0.717) is 5.41 Å². The van der Waals surface area contributed by atoms with Crippen LogP contribution in [0.4, 0.5) is 0 Å². The van der Waals surface area contributed by atoms with E-state index in [9.17, 15) is 0 Å². The van der Waals surface area contributed by atoms with E-state index < -0.39 is 0 Å². The number of hydrogen-bond donors (Lipinski definition) is 0. The Morgan fingerprint density at radius 3 is 2.65 bits per heavy atom. The number of allylic oxidation sites excluding steroid dienone is 4. The summed E-state index contributed by atoms with van der Waals surface area (Å²) in [7, 11) is 0. The molecule has 0 nitrogen and oxygen atoms in total. The fourth-order valence-electron chi connectivity index (χ4n) is 5.38. The van der Waals surface area contributed by atoms with Crippen molar-refractivity contribution in [3.63, 3.8) is 0 Å². The van der Waals surface area contributed by atoms with Gasteiger partial charge >= 0.3 is 0 Å². The van der Waals surface area contributed by atoms with Crippen LogP contribution in [0.5, 0.6) is 0 Å². The van der Waals surface area contributed by atoms with E-state index in [4.69, 9.17) is 0 Å². The van der Waals surface area contributed by atoms with E-state index in [2.05, 4.69) is 33.8 Å². The molecule has 4 atom stereocenters. The first-order chi connectivity index (χ1) is 9.51. The average molecular weight is 272 g/mol. The van der Waals surface area contributed by atoms with Crippen LogP contribution in [0.1, 0.15) is 79.1 Å². The summed E-state index contributed by atoms with van der Waals surface area (Å²) in [4.78, 5) is 0. The summed E-state index contributed by atoms with van der Waals surface area (Å²) in [6.07, 6.45) is 13.8. The van der Waals surface area contributed by atoms with Crippen LogP contribution in [0.3, 0.4) is 0 Å². The first kappa shape index (κ1) is 14.4. The summed E-state index contributed by atoms with van der Waals surface area (Å²) < 4.78 is 0. The highest BCUT2D eigenvalue weighted by Gasteiger charge is 2.48. The molecule has 0 amide bonds. The van der Waals surface area contributed by atoms with Gasteiger partial charge in [0.15, 0.2) is 0 Å². The summed E-state index contributed by atoms with van der Waals surface area (Å²) in [6.45, 7) is 9.92. The molecule has 112 valence electrons. The molecule has 0 N–H and O–H groups in total. The van der Waals surface area contributed by atoms with Gasteiger partial charge < -0.3 is 0 Å². The summed E-state index contributed by atoms with van der Waals surface area (Å²) in [5, 5.41) is 0. The molecule has 0 saturated heterocycles. The van der Waals surface area contributed by atoms with Crippen LogP contribution in [0.15, 0.2) is 22.8 Å². The standard InChI is InChI=1S/C20H32/c1-14-6-5-7-15(2)18-11-13-20(4)12-10-17(9-8-14)16(3)19(18)20/h7,14,18-19H,5-6,8-13H2,1-4H3/t14-,18-,19+,20-/m0/s1. The highest BCUT2D eigenvalue weighted by atomic mass is 14.5. The Morgan fingerprint density at radius 1 is 1.05 bits per heavy atom. The van der Waals surface area contributed by atoms with Gasteiger partial charge in [-0.3, -0.25) is 0 Å². The van der Waals surface area contributed by atoms with Crippen molar-refractivity contribution in [2.75, 3.05) is 0 Å². The molecule has 0 aromatic rings. The Kier molecular flexibility index (Phi) is 3.86. The third kappa shape index (κ3) is 2.40. The fraction of sp³-hybridized carbons (Fsp3) is 0.800. The van der Waals surface area contributed by atoms with Crippen molar-refractivity contribution in [3.05, 3.63) is 22.8 Å². The van der Waals surface area contributed by atoms with Gasteiger partial charge in [-0.05, 0) is 88.4 Å². The maximum atomic E-state index is 2.58. The predicted molar refractivity (Wildman–Crippen MR) is 87.6 cm³/mol. The Hall–Kier alpha value is -0.520. The van der Waals surface area contributed by atoms with Crippen molar-refractivity contribution in [2.24, 2.45) is 23.2 Å². The number of rotatable bonds is 0. The summed E-state index contributed by atoms with van der Waals surface area (Å²) in [5.41, 5.74) is 5.94. The Balaban J connectivity index is 1.99. The van der Waals surface area contributed by atoms with Gasteiger partial charge in [0, 0.05) is 0 Å². The molecule has 3 aliphatic carbocycles. The molecule has 2 bridgehead atoms. The second-order valence-electron chi connectivity index (χ2n) is 8.23. The molecule has 0 spiro atoms. The molecule has 0 aromatic heterocycles. The zero-order chi connectivity index (χ0) is 14.3. The first-order valence-electron chi connectivity index (χ1n) is 8.86. The van der Waals surface area contributed by atoms with Crippen molar-refractivity contribution in [1.82, 2.24) is 0 Å². The van der Waals surface area contributed by atoms with Gasteiger partial charge in [-0.25, -0.2) is 0 Å². The van der Waals surface area contributed by atoms with Crippen LogP contribution in [-0.4, -0.2) is 0 Å². The van der Waals surface area contributed by atoms with E-state index >= 15 is 0 Å². The molecule has 0 unspecified atom stereocenters. The zero-order valence-electron chi connectivity index (χ0n) is 14.0. The Bertz CT molecular complexity index is 439. The quantitative estimate of drug-likeness (QED) is 0.455. The lowest BCUT2D eigenvalue weighted by atomic mass is 9.64. The third-order valence-electron chi connectivity index (χ3n) is 6.85. The topological polar surface area (TPSA) is 0 Å². The largest absolute Gasteiger partial charge is 0.0853 e. The van der Waals surface area contributed by atoms with Crippen molar-refractivity contribution in [2.45, 2.75) is 79.1 Å². The van der Waals surface area contributed by atoms with Crippen molar-refractivity contribution in [3.8, 4) is 0 Å². The molecule has 0 heteroatoms. The highest BCUT2D eigenvalue weighted by Crippen LogP contribution is 2.58. The lowest BCUT2D eigenvalue weighted by Gasteiger charge is -2.41. The van der Waals surface area contributed by atoms with Gasteiger partial charge in [0.1, 0.15) is 0 Å². The predicted octanol–water partition coefficient (Wildman–Crippen LogP) is 6.29. The van der Waals surface area contributed by atoms with Crippen LogP contribution in [0, 0.1) is 23.2 Å². The Labute approximate surface area is 125 Å². The van der Waals surface area contributed by atoms with Gasteiger partial charge in [-0.1, -0.05) is 36.6 Å². The van der Waals surface area contributed by atoms with Crippen LogP contribution in [-0.2, 0) is 0 Å². The van der Waals surface area contributed by atoms with E-state index in [1.807, 2.05) is 5.57 Å². The maximum absolute atomic E-state index is 2.58. The van der Waals surface area contributed by atoms with Crippen LogP contribution in [0.2, 0.25) is 0 Å². The van der Waals surface area contributed by atoms with Gasteiger partial charge in [0.05, 0.1) is 0 Å². The molecule has 0 heterocycles. The van der Waals surface area contributed by atoms with Crippen molar-refractivity contribution < 1.29 is 0 Å². The van der Waals surface area contributed by atoms with Crippen molar-refractivity contribution in [1.29, 1.82) is 0 Å². The van der Waals surface area contributed by atoms with Crippen LogP contribution < -0.4 is 0 Å². The van der Waals surface area contributed by atoms with Gasteiger partial charge in [0.25, 0.3) is 0 Å². The molecule has 3 rings (SSSR count). The van der Waals surface area contributed by atoms with E-state index in [0.717, 1.165) is 17.8 Å². The highest BCUT2D eigenvalue weighted by molar-refractivity contribution is 5.28. The van der Waals surface area contributed by atoms with E-state index in [1.165, 1.54) is 51.4 Å². The van der Waals surface area contributed by atoms with E-state index in [1.54, 1.807) is 11.1 Å². The minimum absolute atomic E-state index is 0.604. The lowest BCUT2D eigenvalue weighted by molar-refractivity contribution is 0.202. The minimum Gasteiger partial charge on any atom is -0.0853 e. The smallest absolute Gasteiger partial charge is 0.00837 e. The summed E-state index contributed by atoms with van der Waals surface area (Å²) in [6, 6.07) is 0. The molecular formula is C20H32. The molecular weight excluding hydrogens is 240 g/mol. The van der Waals surface area contributed by atoms with Gasteiger partial charge in [0.2, 0.25) is 0 Å². The molecule has 0 radical (unpaired) electrons. The van der Waals surface area contributed by atoms with E-state index in [-0.39, 0.29) is 0 Å². The van der Waals surface area contributed by atoms with Crippen LogP contribution >= 0.6 is 0 Å². The zero-order valence-corrected chi connectivity index (χ0v) is 14.0. The molecule has 1 fully saturated rings. The monoisotopic (exact) mass is 272 g/mol. The van der Waals surface area contributed by atoms with Crippen LogP contribution in [0.25, 0.3) is 0 Å². The maximum Gasteiger partial charge on any atom is -0.00837 e. The first-order valence-corrected chi connectivity index (χ1v) is 8.86. The fourth-order valence-corrected chi connectivity index (χ4v) is 5.38. The second kappa shape index (κ2) is 5.35. The van der Waals surface area contributed by atoms with Crippen molar-refractivity contribution >= 4 is 0 Å². The normalized spacial score (nSPS) is 42.2. The SMILES string of the molecule is CC1=CCC[C@H](C)CCC2=C(C)[C@@H]3[C@H]1CC[C@]3(C)CC2.